The van der Waals surface area contributed by atoms with Gasteiger partial charge in [-0.1, -0.05) is 12.8 Å². The van der Waals surface area contributed by atoms with Crippen molar-refractivity contribution in [2.75, 3.05) is 11.9 Å². The molecule has 0 spiro atoms. The van der Waals surface area contributed by atoms with Crippen molar-refractivity contribution in [2.24, 2.45) is 7.05 Å². The number of anilines is 1. The Morgan fingerprint density at radius 2 is 1.74 bits per heavy atom. The molecule has 10 nitrogen and oxygen atoms in total. The number of nitrogens with zero attached hydrogens (tertiary/aromatic N) is 8. The SMILES string of the molecule is Cn1cnnc1-c1ccc(C(F)(F)F)cc1-c1cc(NCCCC#N)nc(-n2cc(-c3nc(CNC4CCCC4)ccc3C(F)(F)F)cn2)c1. The van der Waals surface area contributed by atoms with Crippen molar-refractivity contribution in [1.29, 1.82) is 5.26 Å². The van der Waals surface area contributed by atoms with Gasteiger partial charge in [0.2, 0.25) is 0 Å². The molecule has 1 aliphatic rings. The first-order valence-corrected chi connectivity index (χ1v) is 16.0. The van der Waals surface area contributed by atoms with Crippen molar-refractivity contribution >= 4 is 5.82 Å². The van der Waals surface area contributed by atoms with Gasteiger partial charge in [-0.05, 0) is 72.9 Å². The zero-order valence-corrected chi connectivity index (χ0v) is 26.9. The van der Waals surface area contributed by atoms with E-state index in [2.05, 4.69) is 42.0 Å². The van der Waals surface area contributed by atoms with Gasteiger partial charge in [-0.15, -0.1) is 10.2 Å². The largest absolute Gasteiger partial charge is 0.418 e. The van der Waals surface area contributed by atoms with E-state index in [-0.39, 0.29) is 40.9 Å². The highest BCUT2D eigenvalue weighted by atomic mass is 19.4. The third kappa shape index (κ3) is 7.78. The van der Waals surface area contributed by atoms with Gasteiger partial charge in [0.1, 0.15) is 12.1 Å². The van der Waals surface area contributed by atoms with Crippen LogP contribution in [0, 0.1) is 11.3 Å². The van der Waals surface area contributed by atoms with E-state index in [1.54, 1.807) is 17.7 Å². The number of hydrogen-bond donors (Lipinski definition) is 2. The predicted molar refractivity (Wildman–Crippen MR) is 172 cm³/mol. The molecular formula is C34H32F6N10. The Morgan fingerprint density at radius 1 is 0.940 bits per heavy atom. The van der Waals surface area contributed by atoms with Crippen LogP contribution in [0.5, 0.6) is 0 Å². The molecule has 0 saturated heterocycles. The molecular weight excluding hydrogens is 662 g/mol. The van der Waals surface area contributed by atoms with E-state index in [4.69, 9.17) is 5.26 Å². The highest BCUT2D eigenvalue weighted by molar-refractivity contribution is 5.83. The highest BCUT2D eigenvalue weighted by Gasteiger charge is 2.35. The zero-order chi connectivity index (χ0) is 35.5. The Bertz CT molecular complexity index is 2000. The van der Waals surface area contributed by atoms with Crippen LogP contribution >= 0.6 is 0 Å². The number of aryl methyl sites for hydroxylation is 1. The molecule has 5 aromatic rings. The van der Waals surface area contributed by atoms with Crippen molar-refractivity contribution in [3.8, 4) is 45.7 Å². The van der Waals surface area contributed by atoms with E-state index in [0.717, 1.165) is 43.9 Å². The molecule has 260 valence electrons. The molecule has 4 aromatic heterocycles. The van der Waals surface area contributed by atoms with Crippen LogP contribution < -0.4 is 10.6 Å². The number of hydrogen-bond acceptors (Lipinski definition) is 8. The van der Waals surface area contributed by atoms with Crippen molar-refractivity contribution in [2.45, 2.75) is 63.5 Å². The summed E-state index contributed by atoms with van der Waals surface area (Å²) in [6, 6.07) is 11.0. The quantitative estimate of drug-likeness (QED) is 0.107. The Kier molecular flexibility index (Phi) is 9.87. The van der Waals surface area contributed by atoms with Gasteiger partial charge in [0.05, 0.1) is 34.8 Å². The topological polar surface area (TPSA) is 122 Å². The number of alkyl halides is 6. The average Bonchev–Trinajstić information content (AvgIpc) is 3.87. The van der Waals surface area contributed by atoms with Crippen LogP contribution in [0.15, 0.2) is 61.2 Å². The van der Waals surface area contributed by atoms with Crippen LogP contribution in [0.1, 0.15) is 55.3 Å². The highest BCUT2D eigenvalue weighted by Crippen LogP contribution is 2.39. The molecule has 1 saturated carbocycles. The van der Waals surface area contributed by atoms with Gasteiger partial charge in [-0.3, -0.25) is 4.98 Å². The maximum Gasteiger partial charge on any atom is 0.418 e. The number of benzene rings is 1. The van der Waals surface area contributed by atoms with Crippen LogP contribution in [0.4, 0.5) is 32.2 Å². The lowest BCUT2D eigenvalue weighted by Crippen LogP contribution is -2.26. The lowest BCUT2D eigenvalue weighted by atomic mass is 9.96. The van der Waals surface area contributed by atoms with E-state index in [1.165, 1.54) is 41.6 Å². The smallest absolute Gasteiger partial charge is 0.370 e. The lowest BCUT2D eigenvalue weighted by molar-refractivity contribution is -0.138. The minimum Gasteiger partial charge on any atom is -0.370 e. The second-order valence-electron chi connectivity index (χ2n) is 12.0. The van der Waals surface area contributed by atoms with E-state index in [1.807, 2.05) is 0 Å². The average molecular weight is 695 g/mol. The van der Waals surface area contributed by atoms with Crippen LogP contribution in [0.3, 0.4) is 0 Å². The van der Waals surface area contributed by atoms with Gasteiger partial charge >= 0.3 is 12.4 Å². The number of rotatable bonds is 11. The fraction of sp³-hybridized carbons (Fsp3) is 0.353. The van der Waals surface area contributed by atoms with Crippen LogP contribution in [-0.4, -0.2) is 47.1 Å². The Hall–Kier alpha value is -5.30. The molecule has 4 heterocycles. The van der Waals surface area contributed by atoms with Gasteiger partial charge in [0.25, 0.3) is 0 Å². The molecule has 0 aliphatic heterocycles. The third-order valence-corrected chi connectivity index (χ3v) is 8.47. The normalized spacial score (nSPS) is 13.9. The molecule has 6 rings (SSSR count). The Labute approximate surface area is 283 Å². The summed E-state index contributed by atoms with van der Waals surface area (Å²) in [7, 11) is 1.66. The maximum absolute atomic E-state index is 14.2. The Balaban J connectivity index is 1.44. The van der Waals surface area contributed by atoms with Crippen LogP contribution in [0.25, 0.3) is 39.6 Å². The summed E-state index contributed by atoms with van der Waals surface area (Å²) in [4.78, 5) is 8.96. The molecule has 1 aliphatic carbocycles. The number of halogens is 6. The van der Waals surface area contributed by atoms with Crippen molar-refractivity contribution in [3.05, 3.63) is 78.0 Å². The molecule has 1 fully saturated rings. The molecule has 50 heavy (non-hydrogen) atoms. The minimum atomic E-state index is -4.69. The molecule has 0 bridgehead atoms. The second kappa shape index (κ2) is 14.3. The standard InChI is InChI=1S/C34H32F6N10/c1-49-20-44-48-32(49)26-10-8-23(33(35,36)37)16-27(26)21-14-29(42-13-5-4-12-41)47-30(15-21)50-19-22(17-45-50)31-28(34(38,39)40)11-9-25(46-31)18-43-24-6-2-3-7-24/h8-11,14-17,19-20,24,43H,2-7,13,18H2,1H3,(H,42,47). The summed E-state index contributed by atoms with van der Waals surface area (Å²) < 4.78 is 87.2. The number of unbranched alkanes of at least 4 members (excludes halogenated alkanes) is 1. The van der Waals surface area contributed by atoms with Crippen molar-refractivity contribution in [1.82, 2.24) is 39.8 Å². The summed E-state index contributed by atoms with van der Waals surface area (Å²) in [5.41, 5.74) is -0.789. The van der Waals surface area contributed by atoms with Gasteiger partial charge in [0, 0.05) is 49.9 Å². The van der Waals surface area contributed by atoms with Gasteiger partial charge in [0.15, 0.2) is 11.6 Å². The third-order valence-electron chi connectivity index (χ3n) is 8.47. The van der Waals surface area contributed by atoms with Crippen molar-refractivity contribution < 1.29 is 26.3 Å². The van der Waals surface area contributed by atoms with Gasteiger partial charge < -0.3 is 15.2 Å². The van der Waals surface area contributed by atoms with Crippen LogP contribution in [0.2, 0.25) is 0 Å². The summed E-state index contributed by atoms with van der Waals surface area (Å²) in [5.74, 6) is 0.679. The molecule has 16 heteroatoms. The van der Waals surface area contributed by atoms with Gasteiger partial charge in [-0.25, -0.2) is 9.67 Å². The summed E-state index contributed by atoms with van der Waals surface area (Å²) in [6.07, 6.45) is -0.389. The number of aromatic nitrogens is 7. The minimum absolute atomic E-state index is 0.0783. The number of nitrogens with one attached hydrogen (secondary N) is 2. The fourth-order valence-corrected chi connectivity index (χ4v) is 5.94. The van der Waals surface area contributed by atoms with E-state index < -0.39 is 23.5 Å². The number of pyridine rings is 2. The first kappa shape index (κ1) is 34.6. The molecule has 0 radical (unpaired) electrons. The molecule has 1 aromatic carbocycles. The Morgan fingerprint density at radius 3 is 2.44 bits per heavy atom. The fourth-order valence-electron chi connectivity index (χ4n) is 5.94. The monoisotopic (exact) mass is 694 g/mol. The molecule has 0 unspecified atom stereocenters. The van der Waals surface area contributed by atoms with E-state index in [0.29, 0.717) is 42.2 Å². The van der Waals surface area contributed by atoms with Gasteiger partial charge in [-0.2, -0.15) is 36.7 Å². The summed E-state index contributed by atoms with van der Waals surface area (Å²) in [5, 5.41) is 27.7. The molecule has 0 amide bonds. The van der Waals surface area contributed by atoms with Crippen LogP contribution in [-0.2, 0) is 25.9 Å². The zero-order valence-electron chi connectivity index (χ0n) is 26.9. The molecule has 0 atom stereocenters. The maximum atomic E-state index is 14.2. The molecule has 2 N–H and O–H groups in total. The summed E-state index contributed by atoms with van der Waals surface area (Å²) in [6.45, 7) is 0.631. The summed E-state index contributed by atoms with van der Waals surface area (Å²) >= 11 is 0. The van der Waals surface area contributed by atoms with Crippen molar-refractivity contribution in [3.63, 3.8) is 0 Å². The second-order valence-corrected chi connectivity index (χ2v) is 12.0. The van der Waals surface area contributed by atoms with E-state index >= 15 is 0 Å². The van der Waals surface area contributed by atoms with E-state index in [9.17, 15) is 26.3 Å². The first-order chi connectivity index (χ1) is 23.9. The first-order valence-electron chi connectivity index (χ1n) is 16.0. The predicted octanol–water partition coefficient (Wildman–Crippen LogP) is 7.58. The lowest BCUT2D eigenvalue weighted by Gasteiger charge is -2.16. The number of nitriles is 1.